The predicted octanol–water partition coefficient (Wildman–Crippen LogP) is 2.91. The van der Waals surface area contributed by atoms with E-state index in [2.05, 4.69) is 6.58 Å². The number of benzene rings is 3. The van der Waals surface area contributed by atoms with Crippen molar-refractivity contribution in [2.24, 2.45) is 0 Å². The predicted molar refractivity (Wildman–Crippen MR) is 108 cm³/mol. The van der Waals surface area contributed by atoms with Crippen LogP contribution in [0.15, 0.2) is 77.5 Å². The number of hydrogen-bond acceptors (Lipinski definition) is 6. The number of amides is 1. The highest BCUT2D eigenvalue weighted by Gasteiger charge is 2.28. The summed E-state index contributed by atoms with van der Waals surface area (Å²) in [4.78, 5) is 12.3. The monoisotopic (exact) mass is 433 g/mol. The van der Waals surface area contributed by atoms with E-state index in [-0.39, 0.29) is 22.0 Å². The lowest BCUT2D eigenvalue weighted by molar-refractivity contribution is 0.101. The zero-order valence-corrected chi connectivity index (χ0v) is 16.4. The Morgan fingerprint density at radius 2 is 1.62 bits per heavy atom. The Hall–Kier alpha value is -3.21. The molecule has 0 saturated heterocycles. The molecule has 0 atom stereocenters. The van der Waals surface area contributed by atoms with E-state index in [1.807, 2.05) is 0 Å². The zero-order valence-electron chi connectivity index (χ0n) is 14.8. The van der Waals surface area contributed by atoms with Crippen LogP contribution in [-0.2, 0) is 20.1 Å². The highest BCUT2D eigenvalue weighted by atomic mass is 32.2. The van der Waals surface area contributed by atoms with Crippen molar-refractivity contribution in [1.82, 2.24) is 0 Å². The van der Waals surface area contributed by atoms with Gasteiger partial charge in [0.05, 0.1) is 10.6 Å². The number of carbonyl (C=O) groups excluding carboxylic acids is 1. The van der Waals surface area contributed by atoms with E-state index in [0.29, 0.717) is 9.71 Å². The van der Waals surface area contributed by atoms with Crippen molar-refractivity contribution in [3.63, 3.8) is 0 Å². The molecule has 3 aromatic carbocycles. The second-order valence-corrected chi connectivity index (χ2v) is 9.12. The average molecular weight is 433 g/mol. The van der Waals surface area contributed by atoms with Crippen LogP contribution in [-0.4, -0.2) is 32.4 Å². The average Bonchev–Trinajstić information content (AvgIpc) is 2.67. The van der Waals surface area contributed by atoms with Crippen LogP contribution in [0.1, 0.15) is 10.4 Å². The molecule has 3 rings (SSSR count). The molecule has 0 aliphatic rings. The van der Waals surface area contributed by atoms with Gasteiger partial charge >= 0.3 is 0 Å². The van der Waals surface area contributed by atoms with Gasteiger partial charge in [0.1, 0.15) is 5.75 Å². The molecule has 0 aliphatic heterocycles. The molecule has 8 nitrogen and oxygen atoms in total. The number of hydrogen-bond donors (Lipinski definition) is 2. The number of anilines is 1. The normalized spacial score (nSPS) is 11.9. The van der Waals surface area contributed by atoms with Crippen molar-refractivity contribution in [3.05, 3.63) is 78.2 Å². The van der Waals surface area contributed by atoms with Gasteiger partial charge < -0.3 is 5.11 Å². The summed E-state index contributed by atoms with van der Waals surface area (Å²) in [7, 11) is -8.88. The van der Waals surface area contributed by atoms with Crippen LogP contribution >= 0.6 is 0 Å². The maximum Gasteiger partial charge on any atom is 0.294 e. The summed E-state index contributed by atoms with van der Waals surface area (Å²) in [6, 6.07) is 13.4. The number of nitrogens with zero attached hydrogens (tertiary/aromatic N) is 1. The number of rotatable bonds is 5. The van der Waals surface area contributed by atoms with E-state index in [1.54, 1.807) is 18.2 Å². The second kappa shape index (κ2) is 7.32. The fourth-order valence-electron chi connectivity index (χ4n) is 2.74. The van der Waals surface area contributed by atoms with Gasteiger partial charge in [0.25, 0.3) is 26.0 Å². The summed E-state index contributed by atoms with van der Waals surface area (Å²) in [6.45, 7) is 3.24. The van der Waals surface area contributed by atoms with Gasteiger partial charge in [-0.1, -0.05) is 24.8 Å². The van der Waals surface area contributed by atoms with Crippen LogP contribution in [0, 0.1) is 0 Å². The molecule has 29 heavy (non-hydrogen) atoms. The first-order chi connectivity index (χ1) is 13.5. The largest absolute Gasteiger partial charge is 0.507 e. The highest BCUT2D eigenvalue weighted by Crippen LogP contribution is 2.33. The standard InChI is InChI=1S/C19H15NO7S2/c1-2-28(23,24)20(19(22)13-6-4-3-5-7-13)15-8-9-17-14(10-15)11-16(12-18(17)21)29(25,26)27/h2-12,21H,1H2,(H,25,26,27). The molecule has 150 valence electrons. The summed E-state index contributed by atoms with van der Waals surface area (Å²) in [6.07, 6.45) is 0. The summed E-state index contributed by atoms with van der Waals surface area (Å²) in [5.41, 5.74) is 0.00527. The van der Waals surface area contributed by atoms with Crippen molar-refractivity contribution in [2.75, 3.05) is 4.31 Å². The summed E-state index contributed by atoms with van der Waals surface area (Å²) < 4.78 is 57.7. The van der Waals surface area contributed by atoms with E-state index >= 15 is 0 Å². The summed E-state index contributed by atoms with van der Waals surface area (Å²) in [5, 5.41) is 11.0. The molecule has 0 bridgehead atoms. The molecule has 1 amide bonds. The van der Waals surface area contributed by atoms with Crippen LogP contribution in [0.4, 0.5) is 5.69 Å². The Labute approximate surface area is 167 Å². The molecule has 2 N–H and O–H groups in total. The quantitative estimate of drug-likeness (QED) is 0.592. The first-order valence-electron chi connectivity index (χ1n) is 8.06. The smallest absolute Gasteiger partial charge is 0.294 e. The molecule has 0 saturated carbocycles. The summed E-state index contributed by atoms with van der Waals surface area (Å²) in [5.74, 6) is -1.28. The maximum absolute atomic E-state index is 12.9. The van der Waals surface area contributed by atoms with Crippen LogP contribution in [0.2, 0.25) is 0 Å². The van der Waals surface area contributed by atoms with Crippen molar-refractivity contribution < 1.29 is 31.3 Å². The molecule has 3 aromatic rings. The van der Waals surface area contributed by atoms with Gasteiger partial charge in [-0.3, -0.25) is 9.35 Å². The third-order valence-corrected chi connectivity index (χ3v) is 6.23. The first kappa shape index (κ1) is 20.5. The van der Waals surface area contributed by atoms with E-state index < -0.39 is 36.7 Å². The second-order valence-electron chi connectivity index (χ2n) is 5.97. The van der Waals surface area contributed by atoms with Gasteiger partial charge in [0, 0.05) is 22.4 Å². The number of sulfonamides is 1. The lowest BCUT2D eigenvalue weighted by Gasteiger charge is -2.21. The number of aromatic hydroxyl groups is 1. The van der Waals surface area contributed by atoms with Gasteiger partial charge in [-0.05, 0) is 41.8 Å². The van der Waals surface area contributed by atoms with Crippen molar-refractivity contribution in [2.45, 2.75) is 4.90 Å². The van der Waals surface area contributed by atoms with Crippen molar-refractivity contribution in [3.8, 4) is 5.75 Å². The minimum Gasteiger partial charge on any atom is -0.507 e. The molecule has 0 unspecified atom stereocenters. The molecule has 0 aliphatic carbocycles. The molecule has 0 heterocycles. The van der Waals surface area contributed by atoms with E-state index in [1.165, 1.54) is 30.3 Å². The molecular weight excluding hydrogens is 418 g/mol. The number of carbonyl (C=O) groups is 1. The Morgan fingerprint density at radius 3 is 2.21 bits per heavy atom. The zero-order chi connectivity index (χ0) is 21.4. The Balaban J connectivity index is 2.25. The van der Waals surface area contributed by atoms with E-state index in [9.17, 15) is 31.3 Å². The lowest BCUT2D eigenvalue weighted by Crippen LogP contribution is -2.35. The Kier molecular flexibility index (Phi) is 5.18. The fourth-order valence-corrected chi connectivity index (χ4v) is 4.17. The van der Waals surface area contributed by atoms with Crippen LogP contribution in [0.3, 0.4) is 0 Å². The number of phenolic OH excluding ortho intramolecular Hbond substituents is 1. The summed E-state index contributed by atoms with van der Waals surface area (Å²) >= 11 is 0. The SMILES string of the molecule is C=CS(=O)(=O)N(C(=O)c1ccccc1)c1ccc2c(O)cc(S(=O)(=O)O)cc2c1. The molecule has 0 radical (unpaired) electrons. The lowest BCUT2D eigenvalue weighted by atomic mass is 10.1. The van der Waals surface area contributed by atoms with Crippen LogP contribution in [0.25, 0.3) is 10.8 Å². The van der Waals surface area contributed by atoms with Crippen LogP contribution in [0.5, 0.6) is 5.75 Å². The fraction of sp³-hybridized carbons (Fsp3) is 0. The van der Waals surface area contributed by atoms with Crippen LogP contribution < -0.4 is 4.31 Å². The van der Waals surface area contributed by atoms with E-state index in [0.717, 1.165) is 12.1 Å². The topological polar surface area (TPSA) is 129 Å². The van der Waals surface area contributed by atoms with Gasteiger partial charge in [-0.25, -0.2) is 8.42 Å². The van der Waals surface area contributed by atoms with Crippen molar-refractivity contribution in [1.29, 1.82) is 0 Å². The minimum absolute atomic E-state index is 0.0975. The third kappa shape index (κ3) is 3.99. The highest BCUT2D eigenvalue weighted by molar-refractivity contribution is 7.96. The van der Waals surface area contributed by atoms with Gasteiger partial charge in [0.15, 0.2) is 0 Å². The van der Waals surface area contributed by atoms with Gasteiger partial charge in [0.2, 0.25) is 0 Å². The number of phenols is 1. The third-order valence-electron chi connectivity index (χ3n) is 4.09. The number of fused-ring (bicyclic) bond motifs is 1. The Bertz CT molecular complexity index is 1330. The molecule has 0 fully saturated rings. The van der Waals surface area contributed by atoms with Gasteiger partial charge in [-0.15, -0.1) is 0 Å². The molecule has 10 heteroatoms. The van der Waals surface area contributed by atoms with Crippen molar-refractivity contribution >= 4 is 42.5 Å². The van der Waals surface area contributed by atoms with E-state index in [4.69, 9.17) is 0 Å². The molecular formula is C19H15NO7S2. The molecule has 0 spiro atoms. The Morgan fingerprint density at radius 1 is 0.966 bits per heavy atom. The first-order valence-corrected chi connectivity index (χ1v) is 11.0. The molecule has 0 aromatic heterocycles. The minimum atomic E-state index is -4.62. The maximum atomic E-state index is 12.9. The van der Waals surface area contributed by atoms with Gasteiger partial charge in [-0.2, -0.15) is 12.7 Å².